The summed E-state index contributed by atoms with van der Waals surface area (Å²) in [6.45, 7) is 6.36. The number of likely N-dealkylation sites (tertiary alicyclic amines) is 1. The van der Waals surface area contributed by atoms with Crippen molar-refractivity contribution < 1.29 is 13.9 Å². The van der Waals surface area contributed by atoms with Gasteiger partial charge in [0, 0.05) is 12.1 Å². The summed E-state index contributed by atoms with van der Waals surface area (Å²) in [5, 5.41) is 0. The van der Waals surface area contributed by atoms with Gasteiger partial charge in [-0.25, -0.2) is 4.39 Å². The van der Waals surface area contributed by atoms with E-state index in [1.807, 2.05) is 25.7 Å². The van der Waals surface area contributed by atoms with Gasteiger partial charge in [-0.05, 0) is 20.8 Å². The van der Waals surface area contributed by atoms with Crippen LogP contribution >= 0.6 is 0 Å². The van der Waals surface area contributed by atoms with Gasteiger partial charge in [0.2, 0.25) is 0 Å². The zero-order valence-corrected chi connectivity index (χ0v) is 8.79. The number of nitrogens with zero attached hydrogens (tertiary/aromatic N) is 1. The molecule has 2 saturated heterocycles. The second kappa shape index (κ2) is 3.83. The van der Waals surface area contributed by atoms with Gasteiger partial charge in [-0.15, -0.1) is 0 Å². The second-order valence-electron chi connectivity index (χ2n) is 5.03. The van der Waals surface area contributed by atoms with Gasteiger partial charge in [0.1, 0.15) is 24.9 Å². The average Bonchev–Trinajstić information content (AvgIpc) is 2.54. The highest BCUT2D eigenvalue weighted by Crippen LogP contribution is 2.34. The van der Waals surface area contributed by atoms with Crippen LogP contribution in [-0.4, -0.2) is 47.7 Å². The zero-order valence-electron chi connectivity index (χ0n) is 8.79. The van der Waals surface area contributed by atoms with Gasteiger partial charge < -0.3 is 4.74 Å². The van der Waals surface area contributed by atoms with Crippen LogP contribution in [0.3, 0.4) is 0 Å². The van der Waals surface area contributed by atoms with Gasteiger partial charge in [0.25, 0.3) is 0 Å². The maximum absolute atomic E-state index is 13.5. The number of rotatable bonds is 0. The summed E-state index contributed by atoms with van der Waals surface area (Å²) >= 11 is 0. The molecule has 2 heterocycles. The third-order valence-electron chi connectivity index (χ3n) is 2.98. The highest BCUT2D eigenvalue weighted by molar-refractivity contribution is 5.88. The molecule has 15 heavy (non-hydrogen) atoms. The molecule has 2 aliphatic rings. The maximum Gasteiger partial charge on any atom is 0.178 e. The van der Waals surface area contributed by atoms with E-state index in [1.165, 1.54) is 0 Å². The summed E-state index contributed by atoms with van der Waals surface area (Å²) in [6, 6.07) is -0.356. The van der Waals surface area contributed by atoms with Crippen LogP contribution < -0.4 is 0 Å². The van der Waals surface area contributed by atoms with E-state index in [2.05, 4.69) is 0 Å². The molecule has 2 aliphatic heterocycles. The lowest BCUT2D eigenvalue weighted by atomic mass is 10.0. The summed E-state index contributed by atoms with van der Waals surface area (Å²) in [7, 11) is 0. The SMILES string of the molecule is C.CC(C)(C)N1C[C@H](F)[C@H]2OCC(=O)[C@H]21. The fourth-order valence-electron chi connectivity index (χ4n) is 2.29. The Kier molecular flexibility index (Phi) is 3.22. The van der Waals surface area contributed by atoms with Crippen LogP contribution in [0.2, 0.25) is 0 Å². The number of carbonyl (C=O) groups excluding carboxylic acids is 1. The highest BCUT2D eigenvalue weighted by atomic mass is 19.1. The monoisotopic (exact) mass is 217 g/mol. The Balaban J connectivity index is 0.00000112. The third kappa shape index (κ3) is 1.93. The van der Waals surface area contributed by atoms with Crippen molar-refractivity contribution in [2.24, 2.45) is 0 Å². The van der Waals surface area contributed by atoms with E-state index in [-0.39, 0.29) is 31.4 Å². The molecule has 0 N–H and O–H groups in total. The number of halogens is 1. The first kappa shape index (κ1) is 12.6. The molecule has 0 aliphatic carbocycles. The lowest BCUT2D eigenvalue weighted by Gasteiger charge is -2.34. The number of Topliss-reactive ketones (excluding diaryl/α,β-unsaturated/α-hetero) is 1. The van der Waals surface area contributed by atoms with Crippen molar-refractivity contribution in [1.29, 1.82) is 0 Å². The van der Waals surface area contributed by atoms with Crippen molar-refractivity contribution in [3.05, 3.63) is 0 Å². The van der Waals surface area contributed by atoms with Crippen LogP contribution in [0, 0.1) is 0 Å². The molecule has 3 nitrogen and oxygen atoms in total. The number of alkyl halides is 1. The first-order chi connectivity index (χ1) is 6.41. The molecule has 0 aromatic carbocycles. The Morgan fingerprint density at radius 3 is 2.60 bits per heavy atom. The third-order valence-corrected chi connectivity index (χ3v) is 2.98. The highest BCUT2D eigenvalue weighted by Gasteiger charge is 2.53. The van der Waals surface area contributed by atoms with E-state index in [0.717, 1.165) is 0 Å². The number of carbonyl (C=O) groups is 1. The predicted octanol–water partition coefficient (Wildman–Crippen LogP) is 1.41. The number of hydrogen-bond donors (Lipinski definition) is 0. The largest absolute Gasteiger partial charge is 0.365 e. The molecular formula is C11H20FNO2. The van der Waals surface area contributed by atoms with Crippen LogP contribution in [0.15, 0.2) is 0 Å². The minimum atomic E-state index is -1.02. The lowest BCUT2D eigenvalue weighted by molar-refractivity contribution is -0.122. The molecule has 0 spiro atoms. The van der Waals surface area contributed by atoms with E-state index in [1.54, 1.807) is 0 Å². The number of ether oxygens (including phenoxy) is 1. The fourth-order valence-corrected chi connectivity index (χ4v) is 2.29. The Labute approximate surface area is 90.6 Å². The first-order valence-electron chi connectivity index (χ1n) is 4.96. The van der Waals surface area contributed by atoms with E-state index in [0.29, 0.717) is 6.54 Å². The van der Waals surface area contributed by atoms with Crippen molar-refractivity contribution in [2.45, 2.75) is 52.1 Å². The van der Waals surface area contributed by atoms with Crippen molar-refractivity contribution in [2.75, 3.05) is 13.2 Å². The summed E-state index contributed by atoms with van der Waals surface area (Å²) in [5.74, 6) is 0.0186. The van der Waals surface area contributed by atoms with Gasteiger partial charge in [0.05, 0.1) is 0 Å². The normalized spacial score (nSPS) is 36.5. The van der Waals surface area contributed by atoms with Crippen LogP contribution in [0.25, 0.3) is 0 Å². The van der Waals surface area contributed by atoms with Crippen LogP contribution in [0.5, 0.6) is 0 Å². The lowest BCUT2D eigenvalue weighted by Crippen LogP contribution is -2.48. The number of ketones is 1. The quantitative estimate of drug-likeness (QED) is 0.614. The van der Waals surface area contributed by atoms with E-state index < -0.39 is 12.3 Å². The smallest absolute Gasteiger partial charge is 0.178 e. The molecule has 0 unspecified atom stereocenters. The van der Waals surface area contributed by atoms with Crippen molar-refractivity contribution in [1.82, 2.24) is 4.90 Å². The molecule has 0 aromatic rings. The van der Waals surface area contributed by atoms with Crippen molar-refractivity contribution in [3.8, 4) is 0 Å². The minimum absolute atomic E-state index is 0. The molecule has 4 heteroatoms. The maximum atomic E-state index is 13.5. The van der Waals surface area contributed by atoms with Crippen LogP contribution in [-0.2, 0) is 9.53 Å². The van der Waals surface area contributed by atoms with Crippen molar-refractivity contribution in [3.63, 3.8) is 0 Å². The molecule has 2 fully saturated rings. The summed E-state index contributed by atoms with van der Waals surface area (Å²) in [4.78, 5) is 13.4. The van der Waals surface area contributed by atoms with E-state index >= 15 is 0 Å². The Morgan fingerprint density at radius 2 is 2.07 bits per heavy atom. The summed E-state index contributed by atoms with van der Waals surface area (Å²) in [5.41, 5.74) is -0.173. The standard InChI is InChI=1S/C10H16FNO2.CH4/c1-10(2,3)12-4-6(11)9-8(12)7(13)5-14-9;/h6,8-9H,4-5H2,1-3H3;1H4/t6-,8+,9+;/m0./s1. The number of fused-ring (bicyclic) bond motifs is 1. The van der Waals surface area contributed by atoms with Gasteiger partial charge in [0.15, 0.2) is 5.78 Å². The van der Waals surface area contributed by atoms with Crippen LogP contribution in [0.1, 0.15) is 28.2 Å². The minimum Gasteiger partial charge on any atom is -0.365 e. The Bertz CT molecular complexity index is 262. The molecule has 0 saturated carbocycles. The van der Waals surface area contributed by atoms with Gasteiger partial charge in [-0.3, -0.25) is 9.69 Å². The van der Waals surface area contributed by atoms with E-state index in [4.69, 9.17) is 4.74 Å². The molecule has 88 valence electrons. The van der Waals surface area contributed by atoms with Crippen LogP contribution in [0.4, 0.5) is 4.39 Å². The second-order valence-corrected chi connectivity index (χ2v) is 5.03. The molecule has 0 radical (unpaired) electrons. The molecule has 3 atom stereocenters. The Morgan fingerprint density at radius 1 is 1.47 bits per heavy atom. The van der Waals surface area contributed by atoms with Gasteiger partial charge >= 0.3 is 0 Å². The molecule has 0 aromatic heterocycles. The van der Waals surface area contributed by atoms with E-state index in [9.17, 15) is 9.18 Å². The zero-order chi connectivity index (χ0) is 10.5. The molecular weight excluding hydrogens is 197 g/mol. The summed E-state index contributed by atoms with van der Waals surface area (Å²) in [6.07, 6.45) is -1.55. The fraction of sp³-hybridized carbons (Fsp3) is 0.909. The van der Waals surface area contributed by atoms with Gasteiger partial charge in [-0.2, -0.15) is 0 Å². The first-order valence-corrected chi connectivity index (χ1v) is 4.96. The van der Waals surface area contributed by atoms with Crippen molar-refractivity contribution >= 4 is 5.78 Å². The molecule has 0 amide bonds. The predicted molar refractivity (Wildman–Crippen MR) is 56.6 cm³/mol. The molecule has 0 bridgehead atoms. The van der Waals surface area contributed by atoms with Gasteiger partial charge in [-0.1, -0.05) is 7.43 Å². The summed E-state index contributed by atoms with van der Waals surface area (Å²) < 4.78 is 18.7. The average molecular weight is 217 g/mol. The Hall–Kier alpha value is -0.480. The molecule has 2 rings (SSSR count). The number of hydrogen-bond acceptors (Lipinski definition) is 3. The topological polar surface area (TPSA) is 29.5 Å².